The SMILES string of the molecule is COCc1ccccc1-c1ccc2c(c1)C1(CCOCC1)CN2C(=O)CCCNC(C)=O. The summed E-state index contributed by atoms with van der Waals surface area (Å²) in [6, 6.07) is 14.8. The van der Waals surface area contributed by atoms with Crippen molar-refractivity contribution in [1.29, 1.82) is 0 Å². The van der Waals surface area contributed by atoms with Crippen LogP contribution < -0.4 is 10.2 Å². The number of carbonyl (C=O) groups excluding carboxylic acids is 2. The van der Waals surface area contributed by atoms with E-state index in [1.807, 2.05) is 11.0 Å². The predicted octanol–water partition coefficient (Wildman–Crippen LogP) is 3.81. The van der Waals surface area contributed by atoms with Crippen molar-refractivity contribution in [3.8, 4) is 11.1 Å². The molecule has 170 valence electrons. The molecule has 2 aromatic rings. The molecule has 0 aromatic heterocycles. The van der Waals surface area contributed by atoms with Gasteiger partial charge in [-0.05, 0) is 53.6 Å². The van der Waals surface area contributed by atoms with Gasteiger partial charge in [-0.2, -0.15) is 0 Å². The molecular formula is C26H32N2O4. The summed E-state index contributed by atoms with van der Waals surface area (Å²) in [5.74, 6) is 0.0545. The Labute approximate surface area is 189 Å². The minimum Gasteiger partial charge on any atom is -0.381 e. The number of carbonyl (C=O) groups is 2. The van der Waals surface area contributed by atoms with E-state index in [0.717, 1.165) is 29.7 Å². The molecule has 2 amide bonds. The van der Waals surface area contributed by atoms with Gasteiger partial charge in [-0.25, -0.2) is 0 Å². The van der Waals surface area contributed by atoms with Gasteiger partial charge in [0.15, 0.2) is 0 Å². The van der Waals surface area contributed by atoms with Gasteiger partial charge in [0.2, 0.25) is 11.8 Å². The van der Waals surface area contributed by atoms with Crippen LogP contribution in [0, 0.1) is 0 Å². The standard InChI is InChI=1S/C26H32N2O4/c1-19(29)27-13-5-8-25(30)28-18-26(11-14-32-15-12-26)23-16-20(9-10-24(23)28)22-7-4-3-6-21(22)17-31-2/h3-4,6-7,9-10,16H,5,8,11-15,17-18H2,1-2H3,(H,27,29). The number of amides is 2. The van der Waals surface area contributed by atoms with Gasteiger partial charge in [0.1, 0.15) is 0 Å². The summed E-state index contributed by atoms with van der Waals surface area (Å²) in [7, 11) is 1.71. The molecule has 2 aromatic carbocycles. The third-order valence-corrected chi connectivity index (χ3v) is 6.64. The van der Waals surface area contributed by atoms with Crippen molar-refractivity contribution >= 4 is 17.5 Å². The molecule has 1 spiro atoms. The fraction of sp³-hybridized carbons (Fsp3) is 0.462. The molecule has 0 bridgehead atoms. The van der Waals surface area contributed by atoms with Gasteiger partial charge in [-0.3, -0.25) is 9.59 Å². The number of nitrogens with one attached hydrogen (secondary N) is 1. The lowest BCUT2D eigenvalue weighted by Gasteiger charge is -2.34. The van der Waals surface area contributed by atoms with Crippen molar-refractivity contribution in [2.75, 3.05) is 38.3 Å². The van der Waals surface area contributed by atoms with E-state index in [1.165, 1.54) is 18.1 Å². The number of hydrogen-bond acceptors (Lipinski definition) is 4. The fourth-order valence-electron chi connectivity index (χ4n) is 4.97. The first kappa shape index (κ1) is 22.5. The number of hydrogen-bond donors (Lipinski definition) is 1. The average molecular weight is 437 g/mol. The molecule has 4 rings (SSSR count). The Morgan fingerprint density at radius 3 is 2.69 bits per heavy atom. The summed E-state index contributed by atoms with van der Waals surface area (Å²) in [6.45, 7) is 4.72. The summed E-state index contributed by atoms with van der Waals surface area (Å²) < 4.78 is 11.1. The number of ether oxygens (including phenoxy) is 2. The zero-order chi connectivity index (χ0) is 22.6. The first-order chi connectivity index (χ1) is 15.5. The second kappa shape index (κ2) is 9.84. The average Bonchev–Trinajstić information content (AvgIpc) is 3.11. The highest BCUT2D eigenvalue weighted by Gasteiger charge is 2.45. The van der Waals surface area contributed by atoms with E-state index in [1.54, 1.807) is 7.11 Å². The maximum atomic E-state index is 13.1. The Kier molecular flexibility index (Phi) is 6.92. The van der Waals surface area contributed by atoms with Crippen LogP contribution in [0.5, 0.6) is 0 Å². The lowest BCUT2D eigenvalue weighted by Crippen LogP contribution is -2.40. The number of fused-ring (bicyclic) bond motifs is 2. The smallest absolute Gasteiger partial charge is 0.227 e. The largest absolute Gasteiger partial charge is 0.381 e. The van der Waals surface area contributed by atoms with Crippen molar-refractivity contribution < 1.29 is 19.1 Å². The van der Waals surface area contributed by atoms with Gasteiger partial charge in [0.05, 0.1) is 6.61 Å². The molecule has 1 saturated heterocycles. The van der Waals surface area contributed by atoms with Crippen LogP contribution in [0.3, 0.4) is 0 Å². The van der Waals surface area contributed by atoms with E-state index in [2.05, 4.69) is 41.7 Å². The lowest BCUT2D eigenvalue weighted by atomic mass is 9.75. The van der Waals surface area contributed by atoms with Gasteiger partial charge in [0, 0.05) is 57.9 Å². The van der Waals surface area contributed by atoms with Crippen molar-refractivity contribution in [3.05, 3.63) is 53.6 Å². The Morgan fingerprint density at radius 2 is 1.94 bits per heavy atom. The Balaban J connectivity index is 1.64. The van der Waals surface area contributed by atoms with Crippen LogP contribution >= 0.6 is 0 Å². The highest BCUT2D eigenvalue weighted by molar-refractivity contribution is 5.97. The highest BCUT2D eigenvalue weighted by atomic mass is 16.5. The van der Waals surface area contributed by atoms with Crippen molar-refractivity contribution in [3.63, 3.8) is 0 Å². The van der Waals surface area contributed by atoms with Gasteiger partial charge >= 0.3 is 0 Å². The summed E-state index contributed by atoms with van der Waals surface area (Å²) in [5.41, 5.74) is 5.68. The second-order valence-corrected chi connectivity index (χ2v) is 8.78. The molecule has 2 aliphatic rings. The maximum absolute atomic E-state index is 13.1. The quantitative estimate of drug-likeness (QED) is 0.670. The number of nitrogens with zero attached hydrogens (tertiary/aromatic N) is 1. The third kappa shape index (κ3) is 4.57. The zero-order valence-corrected chi connectivity index (χ0v) is 19.0. The van der Waals surface area contributed by atoms with Crippen LogP contribution in [0.1, 0.15) is 43.7 Å². The minimum absolute atomic E-state index is 0.0624. The predicted molar refractivity (Wildman–Crippen MR) is 125 cm³/mol. The van der Waals surface area contributed by atoms with Crippen molar-refractivity contribution in [2.24, 2.45) is 0 Å². The van der Waals surface area contributed by atoms with Crippen LogP contribution in [0.25, 0.3) is 11.1 Å². The van der Waals surface area contributed by atoms with Gasteiger partial charge < -0.3 is 19.7 Å². The monoisotopic (exact) mass is 436 g/mol. The molecule has 32 heavy (non-hydrogen) atoms. The highest BCUT2D eigenvalue weighted by Crippen LogP contribution is 2.48. The molecule has 0 atom stereocenters. The van der Waals surface area contributed by atoms with E-state index in [4.69, 9.17) is 9.47 Å². The first-order valence-corrected chi connectivity index (χ1v) is 11.4. The molecule has 0 radical (unpaired) electrons. The molecule has 2 heterocycles. The van der Waals surface area contributed by atoms with Crippen molar-refractivity contribution in [1.82, 2.24) is 5.32 Å². The maximum Gasteiger partial charge on any atom is 0.227 e. The molecule has 6 heteroatoms. The molecule has 1 fully saturated rings. The topological polar surface area (TPSA) is 67.9 Å². The first-order valence-electron chi connectivity index (χ1n) is 11.4. The second-order valence-electron chi connectivity index (χ2n) is 8.78. The Bertz CT molecular complexity index is 982. The molecular weight excluding hydrogens is 404 g/mol. The summed E-state index contributed by atoms with van der Waals surface area (Å²) in [5, 5.41) is 2.77. The molecule has 0 unspecified atom stereocenters. The molecule has 0 saturated carbocycles. The van der Waals surface area contributed by atoms with Gasteiger partial charge in [-0.1, -0.05) is 30.3 Å². The van der Waals surface area contributed by atoms with Crippen LogP contribution in [0.4, 0.5) is 5.69 Å². The van der Waals surface area contributed by atoms with Crippen molar-refractivity contribution in [2.45, 2.75) is 44.6 Å². The Hall–Kier alpha value is -2.70. The number of rotatable bonds is 7. The molecule has 0 aliphatic carbocycles. The van der Waals surface area contributed by atoms with Gasteiger partial charge in [-0.15, -0.1) is 0 Å². The van der Waals surface area contributed by atoms with Crippen LogP contribution in [0.15, 0.2) is 42.5 Å². The summed E-state index contributed by atoms with van der Waals surface area (Å²) in [6.07, 6.45) is 2.89. The van der Waals surface area contributed by atoms with Crippen LogP contribution in [0.2, 0.25) is 0 Å². The number of anilines is 1. The summed E-state index contributed by atoms with van der Waals surface area (Å²) >= 11 is 0. The minimum atomic E-state index is -0.0635. The molecule has 2 aliphatic heterocycles. The normalized spacial score (nSPS) is 16.8. The number of benzene rings is 2. The van der Waals surface area contributed by atoms with Crippen LogP contribution in [-0.4, -0.2) is 45.2 Å². The van der Waals surface area contributed by atoms with Gasteiger partial charge in [0.25, 0.3) is 0 Å². The fourth-order valence-corrected chi connectivity index (χ4v) is 4.97. The van der Waals surface area contributed by atoms with E-state index in [9.17, 15) is 9.59 Å². The zero-order valence-electron chi connectivity index (χ0n) is 19.0. The van der Waals surface area contributed by atoms with Crippen LogP contribution in [-0.2, 0) is 31.1 Å². The van der Waals surface area contributed by atoms with E-state index in [-0.39, 0.29) is 17.2 Å². The lowest BCUT2D eigenvalue weighted by molar-refractivity contribution is -0.120. The third-order valence-electron chi connectivity index (χ3n) is 6.64. The Morgan fingerprint density at radius 1 is 1.16 bits per heavy atom. The molecule has 1 N–H and O–H groups in total. The molecule has 6 nitrogen and oxygen atoms in total. The van der Waals surface area contributed by atoms with E-state index in [0.29, 0.717) is 45.8 Å². The van der Waals surface area contributed by atoms with E-state index < -0.39 is 0 Å². The number of methoxy groups -OCH3 is 1. The van der Waals surface area contributed by atoms with E-state index >= 15 is 0 Å². The summed E-state index contributed by atoms with van der Waals surface area (Å²) in [4.78, 5) is 26.2.